The summed E-state index contributed by atoms with van der Waals surface area (Å²) < 4.78 is 6.97. The third kappa shape index (κ3) is 3.62. The number of nitrogens with one attached hydrogen (secondary N) is 2. The molecule has 30 heavy (non-hydrogen) atoms. The number of aromatic amines is 1. The monoisotopic (exact) mass is 459 g/mol. The highest BCUT2D eigenvalue weighted by Crippen LogP contribution is 2.25. The van der Waals surface area contributed by atoms with Crippen LogP contribution >= 0.6 is 35.2 Å². The molecule has 0 aliphatic carbocycles. The Hall–Kier alpha value is -3.01. The average molecular weight is 460 g/mol. The van der Waals surface area contributed by atoms with Gasteiger partial charge in [-0.25, -0.2) is 4.79 Å². The summed E-state index contributed by atoms with van der Waals surface area (Å²) in [6, 6.07) is 11.2. The second-order valence-corrected chi connectivity index (χ2v) is 8.33. The molecule has 7 nitrogen and oxygen atoms in total. The number of halogens is 1. The molecule has 0 atom stereocenters. The minimum atomic E-state index is -0.436. The number of hydrogen-bond donors (Lipinski definition) is 2. The fourth-order valence-corrected chi connectivity index (χ4v) is 4.45. The molecule has 152 valence electrons. The average Bonchev–Trinajstić information content (AvgIpc) is 3.05. The number of rotatable bonds is 4. The van der Waals surface area contributed by atoms with E-state index in [2.05, 4.69) is 10.3 Å². The second kappa shape index (κ2) is 8.02. The Bertz CT molecular complexity index is 1420. The molecule has 0 bridgehead atoms. The van der Waals surface area contributed by atoms with E-state index in [0.717, 1.165) is 11.3 Å². The fraction of sp³-hybridized carbons (Fsp3) is 0.100. The molecule has 1 amide bonds. The van der Waals surface area contributed by atoms with Crippen LogP contribution in [0.3, 0.4) is 0 Å². The zero-order valence-corrected chi connectivity index (χ0v) is 17.9. The Morgan fingerprint density at radius 3 is 2.67 bits per heavy atom. The normalized spacial score (nSPS) is 11.0. The summed E-state index contributed by atoms with van der Waals surface area (Å²) in [5.74, 6) is -0.871. The van der Waals surface area contributed by atoms with Gasteiger partial charge in [0.05, 0.1) is 23.1 Å². The van der Waals surface area contributed by atoms with E-state index in [1.54, 1.807) is 53.8 Å². The third-order valence-corrected chi connectivity index (χ3v) is 5.96. The van der Waals surface area contributed by atoms with Crippen molar-refractivity contribution in [1.82, 2.24) is 9.38 Å². The van der Waals surface area contributed by atoms with E-state index >= 15 is 0 Å². The summed E-state index contributed by atoms with van der Waals surface area (Å²) in [6.07, 6.45) is 0. The van der Waals surface area contributed by atoms with Gasteiger partial charge in [-0.1, -0.05) is 22.9 Å². The van der Waals surface area contributed by atoms with Gasteiger partial charge in [-0.2, -0.15) is 0 Å². The number of fused-ring (bicyclic) bond motifs is 3. The minimum absolute atomic E-state index is 0.258. The fourth-order valence-electron chi connectivity index (χ4n) is 3.01. The number of H-pyrrole nitrogens is 1. The predicted octanol–water partition coefficient (Wildman–Crippen LogP) is 4.65. The number of aromatic nitrogens is 2. The molecule has 2 aromatic heterocycles. The zero-order valence-electron chi connectivity index (χ0n) is 15.5. The zero-order chi connectivity index (χ0) is 21.4. The quantitative estimate of drug-likeness (QED) is 0.342. The molecule has 0 aliphatic rings. The molecule has 2 aromatic carbocycles. The summed E-state index contributed by atoms with van der Waals surface area (Å²) in [5, 5.41) is 3.63. The van der Waals surface area contributed by atoms with Crippen LogP contribution in [0.4, 0.5) is 5.69 Å². The lowest BCUT2D eigenvalue weighted by Crippen LogP contribution is -2.15. The molecule has 2 heterocycles. The molecule has 0 spiro atoms. The summed E-state index contributed by atoms with van der Waals surface area (Å²) in [6.45, 7) is 2.01. The van der Waals surface area contributed by atoms with Crippen LogP contribution in [0.25, 0.3) is 16.6 Å². The van der Waals surface area contributed by atoms with Crippen LogP contribution in [-0.4, -0.2) is 27.9 Å². The van der Waals surface area contributed by atoms with Crippen LogP contribution in [0.15, 0.2) is 47.3 Å². The number of anilines is 1. The van der Waals surface area contributed by atoms with Crippen LogP contribution in [-0.2, 0) is 4.74 Å². The van der Waals surface area contributed by atoms with E-state index in [4.69, 9.17) is 28.6 Å². The number of carbonyl (C=O) groups excluding carboxylic acids is 2. The van der Waals surface area contributed by atoms with Crippen molar-refractivity contribution in [3.63, 3.8) is 0 Å². The maximum Gasteiger partial charge on any atom is 0.338 e. The van der Waals surface area contributed by atoms with Crippen molar-refractivity contribution in [2.24, 2.45) is 0 Å². The molecular weight excluding hydrogens is 446 g/mol. The van der Waals surface area contributed by atoms with Crippen molar-refractivity contribution >= 4 is 69.3 Å². The van der Waals surface area contributed by atoms with Crippen molar-refractivity contribution in [2.75, 3.05) is 11.9 Å². The summed E-state index contributed by atoms with van der Waals surface area (Å²) in [5.41, 5.74) is 1.34. The lowest BCUT2D eigenvalue weighted by Gasteiger charge is -2.06. The SMILES string of the molecule is CCOC(=O)c1ccc(NC(=O)c2sc(=S)n3c2[nH]c(=O)c2ccc(Cl)cc23)cc1. The highest BCUT2D eigenvalue weighted by Gasteiger charge is 2.18. The number of esters is 1. The van der Waals surface area contributed by atoms with Gasteiger partial charge in [-0.3, -0.25) is 14.0 Å². The Balaban J connectivity index is 1.72. The van der Waals surface area contributed by atoms with E-state index < -0.39 is 11.9 Å². The van der Waals surface area contributed by atoms with Gasteiger partial charge in [-0.05, 0) is 61.6 Å². The van der Waals surface area contributed by atoms with Crippen LogP contribution in [0, 0.1) is 3.95 Å². The highest BCUT2D eigenvalue weighted by atomic mass is 35.5. The molecule has 0 saturated heterocycles. The first-order valence-corrected chi connectivity index (χ1v) is 10.4. The molecular formula is C20H14ClN3O4S2. The van der Waals surface area contributed by atoms with Crippen LogP contribution in [0.5, 0.6) is 0 Å². The first kappa shape index (κ1) is 20.3. The lowest BCUT2D eigenvalue weighted by molar-refractivity contribution is 0.0526. The van der Waals surface area contributed by atoms with Gasteiger partial charge in [0.2, 0.25) is 0 Å². The maximum absolute atomic E-state index is 12.9. The Labute approximate surface area is 183 Å². The molecule has 0 radical (unpaired) electrons. The van der Waals surface area contributed by atoms with Gasteiger partial charge in [0, 0.05) is 10.7 Å². The first-order chi connectivity index (χ1) is 14.4. The number of benzene rings is 2. The van der Waals surface area contributed by atoms with Crippen molar-refractivity contribution < 1.29 is 14.3 Å². The lowest BCUT2D eigenvalue weighted by atomic mass is 10.2. The van der Waals surface area contributed by atoms with Crippen LogP contribution in [0.2, 0.25) is 5.02 Å². The van der Waals surface area contributed by atoms with E-state index in [1.165, 1.54) is 0 Å². The van der Waals surface area contributed by atoms with Crippen molar-refractivity contribution in [1.29, 1.82) is 0 Å². The van der Waals surface area contributed by atoms with E-state index in [9.17, 15) is 14.4 Å². The predicted molar refractivity (Wildman–Crippen MR) is 120 cm³/mol. The van der Waals surface area contributed by atoms with Crippen LogP contribution < -0.4 is 10.9 Å². The molecule has 4 rings (SSSR count). The molecule has 0 unspecified atom stereocenters. The number of ether oxygens (including phenoxy) is 1. The highest BCUT2D eigenvalue weighted by molar-refractivity contribution is 7.73. The summed E-state index contributed by atoms with van der Waals surface area (Å²) in [7, 11) is 0. The van der Waals surface area contributed by atoms with Gasteiger partial charge in [-0.15, -0.1) is 0 Å². The van der Waals surface area contributed by atoms with Crippen LogP contribution in [0.1, 0.15) is 27.0 Å². The number of amides is 1. The number of hydrogen-bond acceptors (Lipinski definition) is 6. The minimum Gasteiger partial charge on any atom is -0.462 e. The molecule has 2 N–H and O–H groups in total. The Kier molecular flexibility index (Phi) is 5.42. The van der Waals surface area contributed by atoms with Crippen molar-refractivity contribution in [3.05, 3.63) is 72.2 Å². The van der Waals surface area contributed by atoms with Gasteiger partial charge < -0.3 is 15.0 Å². The van der Waals surface area contributed by atoms with Gasteiger partial charge >= 0.3 is 5.97 Å². The molecule has 4 aromatic rings. The van der Waals surface area contributed by atoms with Gasteiger partial charge in [0.1, 0.15) is 10.5 Å². The Morgan fingerprint density at radius 1 is 1.23 bits per heavy atom. The molecule has 0 saturated carbocycles. The number of thiazole rings is 1. The van der Waals surface area contributed by atoms with Gasteiger partial charge in [0.25, 0.3) is 11.5 Å². The number of carbonyl (C=O) groups is 2. The smallest absolute Gasteiger partial charge is 0.338 e. The third-order valence-electron chi connectivity index (χ3n) is 4.35. The largest absolute Gasteiger partial charge is 0.462 e. The molecule has 10 heteroatoms. The number of nitrogens with zero attached hydrogens (tertiary/aromatic N) is 1. The summed E-state index contributed by atoms with van der Waals surface area (Å²) in [4.78, 5) is 40.1. The van der Waals surface area contributed by atoms with E-state index in [-0.39, 0.29) is 17.0 Å². The van der Waals surface area contributed by atoms with Crippen molar-refractivity contribution in [2.45, 2.75) is 6.92 Å². The molecule has 0 fully saturated rings. The second-order valence-electron chi connectivity index (χ2n) is 6.25. The standard InChI is InChI=1S/C20H14ClN3O4S2/c1-2-28-19(27)10-3-6-12(7-4-10)22-18(26)15-16-23-17(25)13-8-5-11(21)9-14(13)24(16)20(29)30-15/h3-9H,2H2,1H3,(H,22,26)(H,23,25). The maximum atomic E-state index is 12.9. The summed E-state index contributed by atoms with van der Waals surface area (Å²) >= 11 is 12.6. The first-order valence-electron chi connectivity index (χ1n) is 8.84. The Morgan fingerprint density at radius 2 is 1.97 bits per heavy atom. The van der Waals surface area contributed by atoms with E-state index in [0.29, 0.717) is 36.8 Å². The topological polar surface area (TPSA) is 92.7 Å². The molecule has 0 aliphatic heterocycles. The van der Waals surface area contributed by atoms with E-state index in [1.807, 2.05) is 0 Å². The van der Waals surface area contributed by atoms with Crippen molar-refractivity contribution in [3.8, 4) is 0 Å². The van der Waals surface area contributed by atoms with Gasteiger partial charge in [0.15, 0.2) is 3.95 Å².